The average molecular weight is 729 g/mol. The molecule has 0 N–H and O–H groups in total. The Labute approximate surface area is 330 Å². The lowest BCUT2D eigenvalue weighted by molar-refractivity contribution is 1.16. The molecule has 0 unspecified atom stereocenters. The van der Waals surface area contributed by atoms with Crippen LogP contribution in [0.15, 0.2) is 200 Å². The van der Waals surface area contributed by atoms with Gasteiger partial charge in [-0.25, -0.2) is 9.97 Å². The summed E-state index contributed by atoms with van der Waals surface area (Å²) in [5.41, 5.74) is 15.5. The Morgan fingerprint density at radius 3 is 1.21 bits per heavy atom. The fraction of sp³-hybridized carbons (Fsp3) is 0.0189. The summed E-state index contributed by atoms with van der Waals surface area (Å²) >= 11 is 0. The molecule has 4 nitrogen and oxygen atoms in total. The summed E-state index contributed by atoms with van der Waals surface area (Å²) in [7, 11) is 0. The molecule has 0 aliphatic carbocycles. The van der Waals surface area contributed by atoms with Gasteiger partial charge in [-0.2, -0.15) is 0 Å². The van der Waals surface area contributed by atoms with E-state index in [0.29, 0.717) is 5.82 Å². The van der Waals surface area contributed by atoms with Crippen LogP contribution in [0.5, 0.6) is 0 Å². The Balaban J connectivity index is 1.04. The third-order valence-corrected chi connectivity index (χ3v) is 11.2. The lowest BCUT2D eigenvalue weighted by atomic mass is 10.0. The summed E-state index contributed by atoms with van der Waals surface area (Å²) in [4.78, 5) is 10.2. The number of hydrogen-bond acceptors (Lipinski definition) is 2. The first kappa shape index (κ1) is 32.8. The maximum atomic E-state index is 5.08. The van der Waals surface area contributed by atoms with Crippen molar-refractivity contribution in [2.45, 2.75) is 6.92 Å². The zero-order chi connectivity index (χ0) is 37.9. The molecule has 0 radical (unpaired) electrons. The van der Waals surface area contributed by atoms with E-state index in [4.69, 9.17) is 9.97 Å². The first-order chi connectivity index (χ1) is 28.2. The summed E-state index contributed by atoms with van der Waals surface area (Å²) in [6.45, 7) is 2.14. The standard InChI is InChI=1S/C53H36N4/c1-35-20-26-41(27-21-35)56-49-18-10-8-16-43(49)45-30-24-39(32-51(45)56)40-25-31-46-44-17-9-11-19-50(44)57(52(46)33-40)42-28-22-38(23-29-42)53-54-47(36-12-4-2-5-13-36)34-48(55-53)37-14-6-3-7-15-37/h2-34H,1H3. The van der Waals surface area contributed by atoms with Gasteiger partial charge in [0.05, 0.1) is 33.5 Å². The molecule has 3 aromatic heterocycles. The van der Waals surface area contributed by atoms with E-state index in [1.807, 2.05) is 12.1 Å². The number of nitrogens with zero attached hydrogens (tertiary/aromatic N) is 4. The maximum Gasteiger partial charge on any atom is 0.160 e. The van der Waals surface area contributed by atoms with Crippen molar-refractivity contribution in [3.05, 3.63) is 206 Å². The van der Waals surface area contributed by atoms with Crippen LogP contribution in [0.25, 0.3) is 100 Å². The van der Waals surface area contributed by atoms with Crippen molar-refractivity contribution in [2.24, 2.45) is 0 Å². The summed E-state index contributed by atoms with van der Waals surface area (Å²) in [6, 6.07) is 71.5. The lowest BCUT2D eigenvalue weighted by Crippen LogP contribution is -1.97. The van der Waals surface area contributed by atoms with Gasteiger partial charge in [-0.1, -0.05) is 139 Å². The van der Waals surface area contributed by atoms with Crippen LogP contribution in [-0.2, 0) is 0 Å². The van der Waals surface area contributed by atoms with Gasteiger partial charge in [-0.15, -0.1) is 0 Å². The van der Waals surface area contributed by atoms with Crippen molar-refractivity contribution >= 4 is 43.6 Å². The van der Waals surface area contributed by atoms with Crippen LogP contribution >= 0.6 is 0 Å². The van der Waals surface area contributed by atoms with Crippen LogP contribution in [0, 0.1) is 6.92 Å². The molecule has 0 atom stereocenters. The number of aryl methyl sites for hydroxylation is 1. The van der Waals surface area contributed by atoms with Gasteiger partial charge >= 0.3 is 0 Å². The number of benzene rings is 8. The quantitative estimate of drug-likeness (QED) is 0.171. The number of hydrogen-bond donors (Lipinski definition) is 0. The molecule has 11 aromatic rings. The molecule has 57 heavy (non-hydrogen) atoms. The predicted molar refractivity (Wildman–Crippen MR) is 237 cm³/mol. The molecule has 8 aromatic carbocycles. The summed E-state index contributed by atoms with van der Waals surface area (Å²) < 4.78 is 4.78. The van der Waals surface area contributed by atoms with Gasteiger partial charge in [0, 0.05) is 49.6 Å². The van der Waals surface area contributed by atoms with Gasteiger partial charge in [0.25, 0.3) is 0 Å². The van der Waals surface area contributed by atoms with Crippen molar-refractivity contribution in [1.82, 2.24) is 19.1 Å². The Kier molecular flexibility index (Phi) is 7.68. The molecule has 0 aliphatic heterocycles. The SMILES string of the molecule is Cc1ccc(-n2c3ccccc3c3ccc(-c4ccc5c6ccccc6n(-c6ccc(-c7nc(-c8ccccc8)cc(-c8ccccc8)n7)cc6)c5c4)cc32)cc1. The highest BCUT2D eigenvalue weighted by molar-refractivity contribution is 6.12. The normalized spacial score (nSPS) is 11.6. The second-order valence-corrected chi connectivity index (χ2v) is 14.7. The van der Waals surface area contributed by atoms with E-state index in [9.17, 15) is 0 Å². The van der Waals surface area contributed by atoms with Crippen molar-refractivity contribution < 1.29 is 0 Å². The molecular weight excluding hydrogens is 693 g/mol. The molecule has 0 spiro atoms. The van der Waals surface area contributed by atoms with E-state index in [1.165, 1.54) is 54.8 Å². The molecule has 3 heterocycles. The topological polar surface area (TPSA) is 35.6 Å². The first-order valence-corrected chi connectivity index (χ1v) is 19.4. The molecule has 268 valence electrons. The summed E-state index contributed by atoms with van der Waals surface area (Å²) in [5, 5.41) is 4.95. The highest BCUT2D eigenvalue weighted by Gasteiger charge is 2.17. The van der Waals surface area contributed by atoms with Crippen molar-refractivity contribution in [2.75, 3.05) is 0 Å². The number of para-hydroxylation sites is 2. The second-order valence-electron chi connectivity index (χ2n) is 14.7. The third kappa shape index (κ3) is 5.61. The van der Waals surface area contributed by atoms with E-state index >= 15 is 0 Å². The number of aromatic nitrogens is 4. The molecule has 0 aliphatic rings. The predicted octanol–water partition coefficient (Wildman–Crippen LogP) is 13.6. The zero-order valence-corrected chi connectivity index (χ0v) is 31.3. The number of rotatable bonds is 6. The fourth-order valence-electron chi connectivity index (χ4n) is 8.40. The number of fused-ring (bicyclic) bond motifs is 6. The van der Waals surface area contributed by atoms with Crippen LogP contribution in [0.4, 0.5) is 0 Å². The summed E-state index contributed by atoms with van der Waals surface area (Å²) in [6.07, 6.45) is 0. The van der Waals surface area contributed by atoms with Crippen LogP contribution in [0.1, 0.15) is 5.56 Å². The minimum absolute atomic E-state index is 0.699. The molecule has 0 saturated heterocycles. The average Bonchev–Trinajstić information content (AvgIpc) is 3.79. The molecule has 0 saturated carbocycles. The maximum absolute atomic E-state index is 5.08. The fourth-order valence-corrected chi connectivity index (χ4v) is 8.40. The van der Waals surface area contributed by atoms with Crippen LogP contribution in [0.3, 0.4) is 0 Å². The van der Waals surface area contributed by atoms with Gasteiger partial charge in [0.2, 0.25) is 0 Å². The van der Waals surface area contributed by atoms with Crippen molar-refractivity contribution in [1.29, 1.82) is 0 Å². The monoisotopic (exact) mass is 728 g/mol. The van der Waals surface area contributed by atoms with Gasteiger partial charge in [-0.05, 0) is 84.8 Å². The Bertz CT molecular complexity index is 3210. The van der Waals surface area contributed by atoms with E-state index in [2.05, 4.69) is 204 Å². The second kappa shape index (κ2) is 13.3. The smallest absolute Gasteiger partial charge is 0.160 e. The summed E-state index contributed by atoms with van der Waals surface area (Å²) in [5.74, 6) is 0.699. The van der Waals surface area contributed by atoms with Gasteiger partial charge in [0.1, 0.15) is 0 Å². The molecule has 11 rings (SSSR count). The third-order valence-electron chi connectivity index (χ3n) is 11.2. The molecule has 0 bridgehead atoms. The van der Waals surface area contributed by atoms with E-state index in [-0.39, 0.29) is 0 Å². The van der Waals surface area contributed by atoms with Crippen molar-refractivity contribution in [3.63, 3.8) is 0 Å². The van der Waals surface area contributed by atoms with Crippen LogP contribution in [0.2, 0.25) is 0 Å². The first-order valence-electron chi connectivity index (χ1n) is 19.4. The highest BCUT2D eigenvalue weighted by Crippen LogP contribution is 2.38. The largest absolute Gasteiger partial charge is 0.309 e. The van der Waals surface area contributed by atoms with Gasteiger partial charge in [-0.3, -0.25) is 0 Å². The van der Waals surface area contributed by atoms with Crippen LogP contribution < -0.4 is 0 Å². The van der Waals surface area contributed by atoms with E-state index < -0.39 is 0 Å². The minimum Gasteiger partial charge on any atom is -0.309 e. The zero-order valence-electron chi connectivity index (χ0n) is 31.3. The lowest BCUT2D eigenvalue weighted by Gasteiger charge is -2.12. The Hall–Kier alpha value is -7.56. The van der Waals surface area contributed by atoms with Gasteiger partial charge in [0.15, 0.2) is 5.82 Å². The van der Waals surface area contributed by atoms with Crippen LogP contribution in [-0.4, -0.2) is 19.1 Å². The Morgan fingerprint density at radius 2 is 0.719 bits per heavy atom. The van der Waals surface area contributed by atoms with E-state index in [0.717, 1.165) is 45.0 Å². The highest BCUT2D eigenvalue weighted by atomic mass is 15.0. The molecular formula is C53H36N4. The van der Waals surface area contributed by atoms with E-state index in [1.54, 1.807) is 0 Å². The molecule has 0 amide bonds. The molecule has 0 fully saturated rings. The minimum atomic E-state index is 0.699. The van der Waals surface area contributed by atoms with Crippen molar-refractivity contribution in [3.8, 4) is 56.4 Å². The Morgan fingerprint density at radius 1 is 0.316 bits per heavy atom. The van der Waals surface area contributed by atoms with Gasteiger partial charge < -0.3 is 9.13 Å². The molecule has 4 heteroatoms.